The maximum Gasteiger partial charge on any atom is 0.0619 e. The lowest BCUT2D eigenvalue weighted by atomic mass is 10.1. The average Bonchev–Trinajstić information content (AvgIpc) is 2.47. The Labute approximate surface area is 129 Å². The van der Waals surface area contributed by atoms with Gasteiger partial charge in [-0.05, 0) is 43.5 Å². The van der Waals surface area contributed by atoms with Gasteiger partial charge in [-0.15, -0.1) is 0 Å². The molecule has 1 aromatic carbocycles. The number of nitrogens with zero attached hydrogens (tertiary/aromatic N) is 1. The van der Waals surface area contributed by atoms with Crippen LogP contribution in [0.15, 0.2) is 24.3 Å². The number of benzene rings is 1. The third-order valence-electron chi connectivity index (χ3n) is 4.06. The van der Waals surface area contributed by atoms with E-state index in [0.717, 1.165) is 51.7 Å². The van der Waals surface area contributed by atoms with Gasteiger partial charge in [0.05, 0.1) is 13.2 Å². The second-order valence-electron chi connectivity index (χ2n) is 6.56. The van der Waals surface area contributed by atoms with Crippen molar-refractivity contribution in [3.63, 3.8) is 0 Å². The summed E-state index contributed by atoms with van der Waals surface area (Å²) in [7, 11) is 0. The van der Waals surface area contributed by atoms with Crippen molar-refractivity contribution in [2.24, 2.45) is 5.92 Å². The van der Waals surface area contributed by atoms with Crippen LogP contribution in [-0.2, 0) is 17.7 Å². The number of rotatable bonds is 7. The molecule has 0 saturated carbocycles. The van der Waals surface area contributed by atoms with Crippen molar-refractivity contribution < 1.29 is 4.74 Å². The number of hydrogen-bond acceptors (Lipinski definition) is 3. The van der Waals surface area contributed by atoms with Gasteiger partial charge in [0.2, 0.25) is 0 Å². The molecule has 1 saturated heterocycles. The highest BCUT2D eigenvalue weighted by atomic mass is 16.5. The summed E-state index contributed by atoms with van der Waals surface area (Å²) in [6.45, 7) is 12.7. The molecule has 118 valence electrons. The van der Waals surface area contributed by atoms with Gasteiger partial charge in [-0.1, -0.05) is 38.1 Å². The topological polar surface area (TPSA) is 24.5 Å². The predicted molar refractivity (Wildman–Crippen MR) is 88.5 cm³/mol. The van der Waals surface area contributed by atoms with E-state index in [0.29, 0.717) is 6.04 Å². The fraction of sp³-hybridized carbons (Fsp3) is 0.667. The van der Waals surface area contributed by atoms with Gasteiger partial charge in [-0.3, -0.25) is 4.90 Å². The van der Waals surface area contributed by atoms with Crippen LogP contribution in [0.2, 0.25) is 0 Å². The summed E-state index contributed by atoms with van der Waals surface area (Å²) in [5.74, 6) is 0.725. The molecule has 1 aliphatic heterocycles. The van der Waals surface area contributed by atoms with Crippen LogP contribution >= 0.6 is 0 Å². The van der Waals surface area contributed by atoms with E-state index in [1.54, 1.807) is 0 Å². The van der Waals surface area contributed by atoms with Gasteiger partial charge in [0, 0.05) is 19.1 Å². The van der Waals surface area contributed by atoms with Gasteiger partial charge in [0.15, 0.2) is 0 Å². The van der Waals surface area contributed by atoms with Crippen molar-refractivity contribution in [3.05, 3.63) is 35.4 Å². The third kappa shape index (κ3) is 5.77. The van der Waals surface area contributed by atoms with Crippen molar-refractivity contribution in [3.8, 4) is 0 Å². The van der Waals surface area contributed by atoms with E-state index >= 15 is 0 Å². The highest BCUT2D eigenvalue weighted by Crippen LogP contribution is 2.13. The first kappa shape index (κ1) is 16.5. The van der Waals surface area contributed by atoms with E-state index in [9.17, 15) is 0 Å². The van der Waals surface area contributed by atoms with Gasteiger partial charge >= 0.3 is 0 Å². The Morgan fingerprint density at radius 2 is 1.95 bits per heavy atom. The molecule has 0 bridgehead atoms. The molecule has 21 heavy (non-hydrogen) atoms. The molecule has 0 radical (unpaired) electrons. The second-order valence-corrected chi connectivity index (χ2v) is 6.56. The molecule has 1 aromatic rings. The quantitative estimate of drug-likeness (QED) is 0.782. The van der Waals surface area contributed by atoms with E-state index in [-0.39, 0.29) is 0 Å². The summed E-state index contributed by atoms with van der Waals surface area (Å²) in [6, 6.07) is 9.63. The molecule has 0 aliphatic carbocycles. The monoisotopic (exact) mass is 290 g/mol. The number of hydrogen-bond donors (Lipinski definition) is 1. The molecular weight excluding hydrogens is 260 g/mol. The van der Waals surface area contributed by atoms with Crippen LogP contribution in [0.5, 0.6) is 0 Å². The van der Waals surface area contributed by atoms with Crippen molar-refractivity contribution in [1.29, 1.82) is 0 Å². The van der Waals surface area contributed by atoms with E-state index in [4.69, 9.17) is 4.74 Å². The molecule has 0 amide bonds. The minimum Gasteiger partial charge on any atom is -0.379 e. The molecule has 1 atom stereocenters. The van der Waals surface area contributed by atoms with E-state index in [1.165, 1.54) is 11.1 Å². The van der Waals surface area contributed by atoms with Crippen LogP contribution in [-0.4, -0.2) is 43.8 Å². The second kappa shape index (κ2) is 8.52. The minimum absolute atomic E-state index is 0.527. The summed E-state index contributed by atoms with van der Waals surface area (Å²) in [5, 5.41) is 3.50. The van der Waals surface area contributed by atoms with E-state index in [1.807, 2.05) is 0 Å². The third-order valence-corrected chi connectivity index (χ3v) is 4.06. The standard InChI is InChI=1S/C18H30N2O/c1-15(2)12-19-9-8-17-4-6-18(7-5-17)13-20-10-11-21-14-16(20)3/h4-7,15-16,19H,8-14H2,1-3H3. The lowest BCUT2D eigenvalue weighted by molar-refractivity contribution is -0.00437. The zero-order valence-electron chi connectivity index (χ0n) is 13.8. The molecule has 3 nitrogen and oxygen atoms in total. The molecule has 1 aliphatic rings. The van der Waals surface area contributed by atoms with Crippen LogP contribution in [0, 0.1) is 5.92 Å². The fourth-order valence-corrected chi connectivity index (χ4v) is 2.67. The summed E-state index contributed by atoms with van der Waals surface area (Å²) in [5.41, 5.74) is 2.83. The molecule has 0 spiro atoms. The largest absolute Gasteiger partial charge is 0.379 e. The Kier molecular flexibility index (Phi) is 6.68. The fourth-order valence-electron chi connectivity index (χ4n) is 2.67. The summed E-state index contributed by atoms with van der Waals surface area (Å²) < 4.78 is 5.49. The number of ether oxygens (including phenoxy) is 1. The van der Waals surface area contributed by atoms with Crippen LogP contribution in [0.1, 0.15) is 31.9 Å². The van der Waals surface area contributed by atoms with E-state index in [2.05, 4.69) is 55.3 Å². The summed E-state index contributed by atoms with van der Waals surface area (Å²) >= 11 is 0. The van der Waals surface area contributed by atoms with E-state index < -0.39 is 0 Å². The predicted octanol–water partition coefficient (Wildman–Crippen LogP) is 2.70. The first-order valence-electron chi connectivity index (χ1n) is 8.25. The first-order valence-corrected chi connectivity index (χ1v) is 8.25. The summed E-state index contributed by atoms with van der Waals surface area (Å²) in [4.78, 5) is 2.50. The van der Waals surface area contributed by atoms with Gasteiger partial charge in [-0.2, -0.15) is 0 Å². The lowest BCUT2D eigenvalue weighted by Crippen LogP contribution is -2.42. The Balaban J connectivity index is 1.76. The van der Waals surface area contributed by atoms with Gasteiger partial charge in [0.1, 0.15) is 0 Å². The highest BCUT2D eigenvalue weighted by Gasteiger charge is 2.18. The Hall–Kier alpha value is -0.900. The molecular formula is C18H30N2O. The van der Waals surface area contributed by atoms with Crippen molar-refractivity contribution >= 4 is 0 Å². The molecule has 0 aromatic heterocycles. The molecule has 2 rings (SSSR count). The maximum absolute atomic E-state index is 5.49. The van der Waals surface area contributed by atoms with Crippen LogP contribution in [0.25, 0.3) is 0 Å². The van der Waals surface area contributed by atoms with Crippen molar-refractivity contribution in [1.82, 2.24) is 10.2 Å². The van der Waals surface area contributed by atoms with Crippen LogP contribution < -0.4 is 5.32 Å². The smallest absolute Gasteiger partial charge is 0.0619 e. The van der Waals surface area contributed by atoms with Crippen LogP contribution in [0.4, 0.5) is 0 Å². The Morgan fingerprint density at radius 1 is 1.24 bits per heavy atom. The molecule has 3 heteroatoms. The Morgan fingerprint density at radius 3 is 2.62 bits per heavy atom. The van der Waals surface area contributed by atoms with Crippen molar-refractivity contribution in [2.45, 2.75) is 39.8 Å². The SMILES string of the molecule is CC(C)CNCCc1ccc(CN2CCOCC2C)cc1. The van der Waals surface area contributed by atoms with Gasteiger partial charge < -0.3 is 10.1 Å². The Bertz CT molecular complexity index is 402. The maximum atomic E-state index is 5.49. The minimum atomic E-state index is 0.527. The zero-order chi connectivity index (χ0) is 15.1. The first-order chi connectivity index (χ1) is 10.1. The molecule has 1 unspecified atom stereocenters. The molecule has 1 heterocycles. The van der Waals surface area contributed by atoms with Crippen LogP contribution in [0.3, 0.4) is 0 Å². The van der Waals surface area contributed by atoms with Crippen molar-refractivity contribution in [2.75, 3.05) is 32.8 Å². The summed E-state index contributed by atoms with van der Waals surface area (Å²) in [6.07, 6.45) is 1.11. The normalized spacial score (nSPS) is 20.1. The van der Waals surface area contributed by atoms with Gasteiger partial charge in [0.25, 0.3) is 0 Å². The average molecular weight is 290 g/mol. The lowest BCUT2D eigenvalue weighted by Gasteiger charge is -2.33. The molecule has 1 fully saturated rings. The highest BCUT2D eigenvalue weighted by molar-refractivity contribution is 5.22. The number of morpholine rings is 1. The number of nitrogens with one attached hydrogen (secondary N) is 1. The molecule has 1 N–H and O–H groups in total. The zero-order valence-corrected chi connectivity index (χ0v) is 13.8. The van der Waals surface area contributed by atoms with Gasteiger partial charge in [-0.25, -0.2) is 0 Å².